The molecular formula is C19H23FN4O. The standard InChI is InChI=1S/C19H23FN4O/c20-16-10-6-5-7-14(16)13-19(25)22-18-12-11-17(23-24-18)21-15-8-3-1-2-4-9-15/h5-7,10-12,15H,1-4,8-9,13H2,(H,21,23)(H,22,24,25). The molecule has 25 heavy (non-hydrogen) atoms. The van der Waals surface area contributed by atoms with Crippen LogP contribution in [0.2, 0.25) is 0 Å². The van der Waals surface area contributed by atoms with Crippen LogP contribution in [-0.2, 0) is 11.2 Å². The third-order valence-electron chi connectivity index (χ3n) is 4.45. The van der Waals surface area contributed by atoms with Gasteiger partial charge in [0, 0.05) is 6.04 Å². The van der Waals surface area contributed by atoms with Crippen LogP contribution in [0, 0.1) is 5.82 Å². The normalized spacial score (nSPS) is 15.4. The molecule has 1 aromatic carbocycles. The van der Waals surface area contributed by atoms with Crippen molar-refractivity contribution in [3.05, 3.63) is 47.8 Å². The summed E-state index contributed by atoms with van der Waals surface area (Å²) < 4.78 is 13.6. The molecular weight excluding hydrogens is 319 g/mol. The van der Waals surface area contributed by atoms with Gasteiger partial charge in [-0.3, -0.25) is 4.79 Å². The topological polar surface area (TPSA) is 66.9 Å². The SMILES string of the molecule is O=C(Cc1ccccc1F)Nc1ccc(NC2CCCCCC2)nn1. The molecule has 2 aromatic rings. The number of nitrogens with zero attached hydrogens (tertiary/aromatic N) is 2. The number of aromatic nitrogens is 2. The van der Waals surface area contributed by atoms with Crippen molar-refractivity contribution in [2.75, 3.05) is 10.6 Å². The summed E-state index contributed by atoms with van der Waals surface area (Å²) in [6, 6.07) is 10.2. The van der Waals surface area contributed by atoms with Crippen LogP contribution in [0.4, 0.5) is 16.0 Å². The minimum atomic E-state index is -0.383. The van der Waals surface area contributed by atoms with E-state index in [1.165, 1.54) is 31.7 Å². The Labute approximate surface area is 147 Å². The Morgan fingerprint density at radius 2 is 1.68 bits per heavy atom. The largest absolute Gasteiger partial charge is 0.366 e. The van der Waals surface area contributed by atoms with Crippen LogP contribution in [0.5, 0.6) is 0 Å². The van der Waals surface area contributed by atoms with Crippen molar-refractivity contribution < 1.29 is 9.18 Å². The van der Waals surface area contributed by atoms with Crippen molar-refractivity contribution in [3.8, 4) is 0 Å². The monoisotopic (exact) mass is 342 g/mol. The highest BCUT2D eigenvalue weighted by molar-refractivity contribution is 5.91. The number of rotatable bonds is 5. The molecule has 0 radical (unpaired) electrons. The number of anilines is 2. The third kappa shape index (κ3) is 5.24. The van der Waals surface area contributed by atoms with E-state index in [9.17, 15) is 9.18 Å². The number of halogens is 1. The summed E-state index contributed by atoms with van der Waals surface area (Å²) in [4.78, 5) is 12.0. The molecule has 1 aliphatic rings. The van der Waals surface area contributed by atoms with Crippen LogP contribution < -0.4 is 10.6 Å². The maximum absolute atomic E-state index is 13.6. The van der Waals surface area contributed by atoms with Gasteiger partial charge in [0.05, 0.1) is 6.42 Å². The number of carbonyl (C=O) groups is 1. The average molecular weight is 342 g/mol. The Hall–Kier alpha value is -2.50. The van der Waals surface area contributed by atoms with Gasteiger partial charge >= 0.3 is 0 Å². The highest BCUT2D eigenvalue weighted by Gasteiger charge is 2.13. The first-order valence-electron chi connectivity index (χ1n) is 8.84. The van der Waals surface area contributed by atoms with Gasteiger partial charge in [-0.05, 0) is 36.6 Å². The van der Waals surface area contributed by atoms with Gasteiger partial charge in [0.25, 0.3) is 0 Å². The van der Waals surface area contributed by atoms with E-state index >= 15 is 0 Å². The highest BCUT2D eigenvalue weighted by Crippen LogP contribution is 2.20. The van der Waals surface area contributed by atoms with E-state index in [1.54, 1.807) is 24.3 Å². The summed E-state index contributed by atoms with van der Waals surface area (Å²) in [5.41, 5.74) is 0.361. The number of benzene rings is 1. The maximum Gasteiger partial charge on any atom is 0.230 e. The van der Waals surface area contributed by atoms with Gasteiger partial charge in [-0.1, -0.05) is 43.9 Å². The fourth-order valence-corrected chi connectivity index (χ4v) is 3.11. The molecule has 1 saturated carbocycles. The molecule has 2 N–H and O–H groups in total. The zero-order chi connectivity index (χ0) is 17.5. The van der Waals surface area contributed by atoms with Gasteiger partial charge in [0.1, 0.15) is 11.6 Å². The third-order valence-corrected chi connectivity index (χ3v) is 4.45. The molecule has 1 aromatic heterocycles. The Bertz CT molecular complexity index is 697. The van der Waals surface area contributed by atoms with Gasteiger partial charge in [-0.25, -0.2) is 4.39 Å². The van der Waals surface area contributed by atoms with E-state index in [0.717, 1.165) is 18.7 Å². The Morgan fingerprint density at radius 1 is 1.00 bits per heavy atom. The van der Waals surface area contributed by atoms with E-state index in [4.69, 9.17) is 0 Å². The van der Waals surface area contributed by atoms with Crippen LogP contribution in [0.3, 0.4) is 0 Å². The van der Waals surface area contributed by atoms with Gasteiger partial charge < -0.3 is 10.6 Å². The summed E-state index contributed by atoms with van der Waals surface area (Å²) >= 11 is 0. The number of hydrogen-bond donors (Lipinski definition) is 2. The molecule has 0 unspecified atom stereocenters. The second kappa shape index (κ2) is 8.55. The molecule has 5 nitrogen and oxygen atoms in total. The van der Waals surface area contributed by atoms with Crippen LogP contribution in [0.25, 0.3) is 0 Å². The van der Waals surface area contributed by atoms with E-state index in [2.05, 4.69) is 20.8 Å². The molecule has 0 saturated heterocycles. The summed E-state index contributed by atoms with van der Waals surface area (Å²) in [5, 5.41) is 14.2. The summed E-state index contributed by atoms with van der Waals surface area (Å²) in [6.07, 6.45) is 7.38. The maximum atomic E-state index is 13.6. The van der Waals surface area contributed by atoms with Crippen LogP contribution >= 0.6 is 0 Å². The minimum Gasteiger partial charge on any atom is -0.366 e. The highest BCUT2D eigenvalue weighted by atomic mass is 19.1. The van der Waals surface area contributed by atoms with Crippen LogP contribution in [-0.4, -0.2) is 22.1 Å². The Morgan fingerprint density at radius 3 is 2.36 bits per heavy atom. The molecule has 1 heterocycles. The average Bonchev–Trinajstić information content (AvgIpc) is 2.87. The molecule has 0 aliphatic heterocycles. The second-order valence-corrected chi connectivity index (χ2v) is 6.45. The molecule has 0 spiro atoms. The summed E-state index contributed by atoms with van der Waals surface area (Å²) in [6.45, 7) is 0. The fourth-order valence-electron chi connectivity index (χ4n) is 3.11. The lowest BCUT2D eigenvalue weighted by Crippen LogP contribution is -2.20. The van der Waals surface area contributed by atoms with Crippen molar-refractivity contribution in [2.45, 2.75) is 51.0 Å². The summed E-state index contributed by atoms with van der Waals surface area (Å²) in [7, 11) is 0. The lowest BCUT2D eigenvalue weighted by Gasteiger charge is -2.16. The van der Waals surface area contributed by atoms with Crippen molar-refractivity contribution >= 4 is 17.5 Å². The van der Waals surface area contributed by atoms with Gasteiger partial charge in [-0.2, -0.15) is 0 Å². The predicted octanol–water partition coefficient (Wildman–Crippen LogP) is 3.93. The molecule has 1 fully saturated rings. The molecule has 3 rings (SSSR count). The number of carbonyl (C=O) groups excluding carboxylic acids is 1. The van der Waals surface area contributed by atoms with Crippen molar-refractivity contribution in [1.29, 1.82) is 0 Å². The molecule has 0 atom stereocenters. The van der Waals surface area contributed by atoms with Gasteiger partial charge in [0.2, 0.25) is 5.91 Å². The van der Waals surface area contributed by atoms with E-state index in [1.807, 2.05) is 6.07 Å². The van der Waals surface area contributed by atoms with Gasteiger partial charge in [0.15, 0.2) is 5.82 Å². The fraction of sp³-hybridized carbons (Fsp3) is 0.421. The lowest BCUT2D eigenvalue weighted by molar-refractivity contribution is -0.115. The zero-order valence-electron chi connectivity index (χ0n) is 14.2. The first-order valence-corrected chi connectivity index (χ1v) is 8.84. The minimum absolute atomic E-state index is 0.0313. The Kier molecular flexibility index (Phi) is 5.93. The Balaban J connectivity index is 1.53. The van der Waals surface area contributed by atoms with Crippen molar-refractivity contribution in [1.82, 2.24) is 10.2 Å². The number of amides is 1. The molecule has 1 amide bonds. The first kappa shape index (κ1) is 17.3. The predicted molar refractivity (Wildman–Crippen MR) is 95.9 cm³/mol. The van der Waals surface area contributed by atoms with Crippen molar-refractivity contribution in [3.63, 3.8) is 0 Å². The quantitative estimate of drug-likeness (QED) is 0.808. The summed E-state index contributed by atoms with van der Waals surface area (Å²) in [5.74, 6) is 0.391. The number of nitrogens with one attached hydrogen (secondary N) is 2. The molecule has 6 heteroatoms. The van der Waals surface area contributed by atoms with Gasteiger partial charge in [-0.15, -0.1) is 10.2 Å². The molecule has 132 valence electrons. The van der Waals surface area contributed by atoms with Crippen LogP contribution in [0.1, 0.15) is 44.1 Å². The van der Waals surface area contributed by atoms with Crippen LogP contribution in [0.15, 0.2) is 36.4 Å². The smallest absolute Gasteiger partial charge is 0.230 e. The molecule has 0 bridgehead atoms. The van der Waals surface area contributed by atoms with E-state index in [-0.39, 0.29) is 18.1 Å². The lowest BCUT2D eigenvalue weighted by atomic mass is 10.1. The molecule has 1 aliphatic carbocycles. The zero-order valence-corrected chi connectivity index (χ0v) is 14.2. The van der Waals surface area contributed by atoms with E-state index < -0.39 is 0 Å². The van der Waals surface area contributed by atoms with E-state index in [0.29, 0.717) is 17.4 Å². The second-order valence-electron chi connectivity index (χ2n) is 6.45. The van der Waals surface area contributed by atoms with Crippen molar-refractivity contribution in [2.24, 2.45) is 0 Å². The first-order chi connectivity index (χ1) is 12.2. The number of hydrogen-bond acceptors (Lipinski definition) is 4.